The second-order valence-corrected chi connectivity index (χ2v) is 9.58. The first-order chi connectivity index (χ1) is 15.8. The highest BCUT2D eigenvalue weighted by molar-refractivity contribution is 6.42. The third kappa shape index (κ3) is 3.58. The Labute approximate surface area is 200 Å². The molecule has 0 radical (unpaired) electrons. The second kappa shape index (κ2) is 8.12. The molecule has 1 heterocycles. The third-order valence-electron chi connectivity index (χ3n) is 6.76. The predicted molar refractivity (Wildman–Crippen MR) is 123 cm³/mol. The summed E-state index contributed by atoms with van der Waals surface area (Å²) in [6.07, 6.45) is 4.72. The number of benzene rings is 2. The molecule has 0 spiro atoms. The highest BCUT2D eigenvalue weighted by Gasteiger charge is 2.61. The first-order valence-corrected chi connectivity index (χ1v) is 11.4. The number of hydrazine groups is 1. The summed E-state index contributed by atoms with van der Waals surface area (Å²) in [5.41, 5.74) is 1.49. The molecule has 2 aromatic rings. The normalized spacial score (nSPS) is 25.0. The third-order valence-corrected chi connectivity index (χ3v) is 7.50. The van der Waals surface area contributed by atoms with Crippen LogP contribution in [0, 0.1) is 30.6 Å². The number of halogens is 2. The number of nitrogens with zero attached hydrogens (tertiary/aromatic N) is 2. The van der Waals surface area contributed by atoms with E-state index >= 15 is 0 Å². The Morgan fingerprint density at radius 3 is 2.06 bits per heavy atom. The molecule has 1 saturated carbocycles. The molecule has 8 heteroatoms. The zero-order chi connectivity index (χ0) is 23.4. The summed E-state index contributed by atoms with van der Waals surface area (Å²) in [6, 6.07) is 11.2. The van der Waals surface area contributed by atoms with Crippen molar-refractivity contribution in [2.24, 2.45) is 23.7 Å². The van der Waals surface area contributed by atoms with Gasteiger partial charge in [-0.15, -0.1) is 0 Å². The summed E-state index contributed by atoms with van der Waals surface area (Å²) in [6.45, 7) is 1.44. The van der Waals surface area contributed by atoms with Crippen molar-refractivity contribution >= 4 is 46.7 Å². The molecule has 2 bridgehead atoms. The molecule has 168 valence electrons. The van der Waals surface area contributed by atoms with Crippen LogP contribution in [0.5, 0.6) is 0 Å². The van der Waals surface area contributed by atoms with Gasteiger partial charge in [-0.3, -0.25) is 19.2 Å². The van der Waals surface area contributed by atoms with E-state index in [1.54, 1.807) is 24.3 Å². The van der Waals surface area contributed by atoms with Gasteiger partial charge < -0.3 is 0 Å². The summed E-state index contributed by atoms with van der Waals surface area (Å²) < 4.78 is 0. The van der Waals surface area contributed by atoms with Gasteiger partial charge in [0.15, 0.2) is 5.78 Å². The first-order valence-electron chi connectivity index (χ1n) is 10.7. The fourth-order valence-corrected chi connectivity index (χ4v) is 5.40. The number of imide groups is 1. The molecule has 5 rings (SSSR count). The van der Waals surface area contributed by atoms with Gasteiger partial charge >= 0.3 is 0 Å². The standard InChI is InChI=1S/C25H20Cl2N2O4/c1-13-2-4-14(5-3-13)20(30)12-28(23(31)17-8-9-18(26)19(27)11-17)29-24(32)21-15-6-7-16(10-15)22(21)25(29)33/h2-9,11,15-16,21-22H,10,12H2,1H3/t15-,16+,21-,22-/m1/s1. The largest absolute Gasteiger partial charge is 0.292 e. The van der Waals surface area contributed by atoms with E-state index < -0.39 is 36.1 Å². The molecule has 6 nitrogen and oxygen atoms in total. The molecule has 1 aliphatic heterocycles. The molecular formula is C25H20Cl2N2O4. The van der Waals surface area contributed by atoms with E-state index in [-0.39, 0.29) is 33.2 Å². The highest BCUT2D eigenvalue weighted by Crippen LogP contribution is 2.52. The van der Waals surface area contributed by atoms with Crippen LogP contribution in [0.15, 0.2) is 54.6 Å². The van der Waals surface area contributed by atoms with E-state index in [2.05, 4.69) is 0 Å². The number of carbonyl (C=O) groups is 4. The molecule has 0 aromatic heterocycles. The maximum atomic E-state index is 13.5. The van der Waals surface area contributed by atoms with E-state index in [1.807, 2.05) is 19.1 Å². The van der Waals surface area contributed by atoms with Crippen LogP contribution in [0.2, 0.25) is 10.0 Å². The van der Waals surface area contributed by atoms with Crippen molar-refractivity contribution in [2.45, 2.75) is 13.3 Å². The van der Waals surface area contributed by atoms with Crippen molar-refractivity contribution in [3.05, 3.63) is 81.4 Å². The number of hydrogen-bond donors (Lipinski definition) is 0. The quantitative estimate of drug-likeness (QED) is 0.360. The number of Topliss-reactive ketones (excluding diaryl/α,β-unsaturated/α-hetero) is 1. The fraction of sp³-hybridized carbons (Fsp3) is 0.280. The lowest BCUT2D eigenvalue weighted by Gasteiger charge is -2.31. The summed E-state index contributed by atoms with van der Waals surface area (Å²) in [5.74, 6) is -2.96. The van der Waals surface area contributed by atoms with Gasteiger partial charge in [0.1, 0.15) is 6.54 Å². The van der Waals surface area contributed by atoms with Crippen LogP contribution in [-0.4, -0.2) is 40.1 Å². The zero-order valence-electron chi connectivity index (χ0n) is 17.7. The van der Waals surface area contributed by atoms with Crippen molar-refractivity contribution < 1.29 is 19.2 Å². The molecule has 2 fully saturated rings. The molecule has 1 saturated heterocycles. The Kier molecular flexibility index (Phi) is 5.38. The Morgan fingerprint density at radius 2 is 1.48 bits per heavy atom. The fourth-order valence-electron chi connectivity index (χ4n) is 5.10. The Morgan fingerprint density at radius 1 is 0.909 bits per heavy atom. The average molecular weight is 483 g/mol. The molecule has 2 aliphatic carbocycles. The van der Waals surface area contributed by atoms with Gasteiger partial charge in [-0.2, -0.15) is 5.01 Å². The van der Waals surface area contributed by atoms with Crippen LogP contribution < -0.4 is 0 Å². The molecule has 0 unspecified atom stereocenters. The Hall–Kier alpha value is -2.96. The van der Waals surface area contributed by atoms with Gasteiger partial charge in [-0.25, -0.2) is 5.01 Å². The van der Waals surface area contributed by atoms with Crippen molar-refractivity contribution in [3.8, 4) is 0 Å². The first kappa shape index (κ1) is 21.9. The molecule has 3 amide bonds. The molecule has 3 aliphatic rings. The van der Waals surface area contributed by atoms with E-state index in [0.29, 0.717) is 5.56 Å². The van der Waals surface area contributed by atoms with Crippen LogP contribution in [0.3, 0.4) is 0 Å². The maximum absolute atomic E-state index is 13.5. The van der Waals surface area contributed by atoms with Gasteiger partial charge in [0.25, 0.3) is 17.7 Å². The molecule has 0 N–H and O–H groups in total. The molecule has 4 atom stereocenters. The summed E-state index contributed by atoms with van der Waals surface area (Å²) >= 11 is 12.1. The number of ketones is 1. The van der Waals surface area contributed by atoms with Gasteiger partial charge in [0.2, 0.25) is 0 Å². The minimum absolute atomic E-state index is 0.0174. The number of aryl methyl sites for hydroxylation is 1. The Bertz CT molecular complexity index is 1190. The van der Waals surface area contributed by atoms with Crippen LogP contribution in [0.4, 0.5) is 0 Å². The number of rotatable bonds is 5. The molecule has 2 aromatic carbocycles. The molecular weight excluding hydrogens is 463 g/mol. The van der Waals surface area contributed by atoms with Crippen molar-refractivity contribution in [2.75, 3.05) is 6.54 Å². The summed E-state index contributed by atoms with van der Waals surface area (Å²) in [4.78, 5) is 53.3. The number of allylic oxidation sites excluding steroid dienone is 2. The zero-order valence-corrected chi connectivity index (χ0v) is 19.2. The lowest BCUT2D eigenvalue weighted by Crippen LogP contribution is -2.52. The van der Waals surface area contributed by atoms with Crippen molar-refractivity contribution in [1.82, 2.24) is 10.0 Å². The van der Waals surface area contributed by atoms with E-state index in [4.69, 9.17) is 23.2 Å². The van der Waals surface area contributed by atoms with E-state index in [1.165, 1.54) is 18.2 Å². The van der Waals surface area contributed by atoms with Gasteiger partial charge in [0.05, 0.1) is 21.9 Å². The topological polar surface area (TPSA) is 74.8 Å². The van der Waals surface area contributed by atoms with E-state index in [9.17, 15) is 19.2 Å². The lowest BCUT2D eigenvalue weighted by atomic mass is 9.85. The Balaban J connectivity index is 1.51. The minimum Gasteiger partial charge on any atom is -0.292 e. The SMILES string of the molecule is Cc1ccc(C(=O)CN(C(=O)c2ccc(Cl)c(Cl)c2)N2C(=O)[C@H]3[C@H](C2=O)[C@H]2C=C[C@@H]3C2)cc1. The monoisotopic (exact) mass is 482 g/mol. The summed E-state index contributed by atoms with van der Waals surface area (Å²) in [5, 5.41) is 2.27. The number of fused-ring (bicyclic) bond motifs is 5. The van der Waals surface area contributed by atoms with Crippen molar-refractivity contribution in [3.63, 3.8) is 0 Å². The van der Waals surface area contributed by atoms with Crippen LogP contribution in [-0.2, 0) is 9.59 Å². The maximum Gasteiger partial charge on any atom is 0.273 e. The van der Waals surface area contributed by atoms with Crippen LogP contribution in [0.25, 0.3) is 0 Å². The highest BCUT2D eigenvalue weighted by atomic mass is 35.5. The van der Waals surface area contributed by atoms with Crippen LogP contribution >= 0.6 is 23.2 Å². The number of carbonyl (C=O) groups excluding carboxylic acids is 4. The molecule has 33 heavy (non-hydrogen) atoms. The van der Waals surface area contributed by atoms with Gasteiger partial charge in [-0.1, -0.05) is 65.2 Å². The average Bonchev–Trinajstić information content (AvgIpc) is 3.48. The van der Waals surface area contributed by atoms with Crippen LogP contribution in [0.1, 0.15) is 32.7 Å². The van der Waals surface area contributed by atoms with E-state index in [0.717, 1.165) is 22.0 Å². The second-order valence-electron chi connectivity index (χ2n) is 8.77. The van der Waals surface area contributed by atoms with Gasteiger partial charge in [0, 0.05) is 11.1 Å². The van der Waals surface area contributed by atoms with Crippen molar-refractivity contribution in [1.29, 1.82) is 0 Å². The lowest BCUT2D eigenvalue weighted by molar-refractivity contribution is -0.154. The predicted octanol–water partition coefficient (Wildman–Crippen LogP) is 4.35. The van der Waals surface area contributed by atoms with Gasteiger partial charge in [-0.05, 0) is 43.4 Å². The number of hydrogen-bond acceptors (Lipinski definition) is 4. The minimum atomic E-state index is -0.670. The number of amides is 3. The summed E-state index contributed by atoms with van der Waals surface area (Å²) in [7, 11) is 0. The smallest absolute Gasteiger partial charge is 0.273 e.